The van der Waals surface area contributed by atoms with Crippen LogP contribution in [0.25, 0.3) is 0 Å². The number of rotatable bonds is 4. The van der Waals surface area contributed by atoms with Gasteiger partial charge in [0.15, 0.2) is 0 Å². The van der Waals surface area contributed by atoms with Gasteiger partial charge < -0.3 is 14.3 Å². The molecule has 0 aromatic carbocycles. The minimum Gasteiger partial charge on any atom is -0.361 e. The average Bonchev–Trinajstić information content (AvgIpc) is 3.13. The molecule has 0 saturated carbocycles. The topological polar surface area (TPSA) is 62.5 Å². The van der Waals surface area contributed by atoms with Crippen LogP contribution in [0.1, 0.15) is 18.4 Å². The van der Waals surface area contributed by atoms with Gasteiger partial charge in [0, 0.05) is 32.4 Å². The van der Waals surface area contributed by atoms with Crippen molar-refractivity contribution in [3.63, 3.8) is 0 Å². The van der Waals surface area contributed by atoms with Crippen LogP contribution in [-0.4, -0.2) is 41.1 Å². The van der Waals surface area contributed by atoms with E-state index >= 15 is 0 Å². The number of pyridine rings is 1. The number of anilines is 1. The van der Waals surface area contributed by atoms with Gasteiger partial charge in [-0.15, -0.1) is 0 Å². The second-order valence-electron chi connectivity index (χ2n) is 6.30. The first-order valence-corrected chi connectivity index (χ1v) is 7.87. The third kappa shape index (κ3) is 3.36. The molecule has 0 bridgehead atoms. The number of amides is 1. The monoisotopic (exact) mass is 314 g/mol. The van der Waals surface area contributed by atoms with Gasteiger partial charge in [-0.2, -0.15) is 0 Å². The predicted octanol–water partition coefficient (Wildman–Crippen LogP) is 2.11. The van der Waals surface area contributed by atoms with E-state index in [0.29, 0.717) is 19.0 Å². The minimum atomic E-state index is -0.0185. The second-order valence-corrected chi connectivity index (χ2v) is 6.30. The number of carbonyl (C=O) groups is 1. The highest BCUT2D eigenvalue weighted by molar-refractivity contribution is 5.80. The van der Waals surface area contributed by atoms with Crippen LogP contribution in [0.5, 0.6) is 0 Å². The van der Waals surface area contributed by atoms with Crippen molar-refractivity contribution >= 4 is 11.7 Å². The molecule has 1 saturated heterocycles. The third-order valence-corrected chi connectivity index (χ3v) is 4.35. The zero-order valence-corrected chi connectivity index (χ0v) is 13.8. The fraction of sp³-hybridized carbons (Fsp3) is 0.471. The van der Waals surface area contributed by atoms with E-state index in [4.69, 9.17) is 4.52 Å². The Morgan fingerprint density at radius 1 is 1.43 bits per heavy atom. The first-order chi connectivity index (χ1) is 11.0. The van der Waals surface area contributed by atoms with Crippen molar-refractivity contribution in [1.82, 2.24) is 15.0 Å². The van der Waals surface area contributed by atoms with E-state index in [9.17, 15) is 4.79 Å². The molecule has 2 aromatic rings. The van der Waals surface area contributed by atoms with Gasteiger partial charge >= 0.3 is 0 Å². The largest absolute Gasteiger partial charge is 0.361 e. The summed E-state index contributed by atoms with van der Waals surface area (Å²) in [7, 11) is 1.82. The average molecular weight is 314 g/mol. The number of aryl methyl sites for hydroxylation is 1. The normalized spacial score (nSPS) is 20.7. The summed E-state index contributed by atoms with van der Waals surface area (Å²) in [6, 6.07) is 7.73. The van der Waals surface area contributed by atoms with Crippen molar-refractivity contribution in [2.75, 3.05) is 25.0 Å². The fourth-order valence-corrected chi connectivity index (χ4v) is 3.11. The molecule has 23 heavy (non-hydrogen) atoms. The van der Waals surface area contributed by atoms with E-state index in [1.54, 1.807) is 11.1 Å². The molecular weight excluding hydrogens is 292 g/mol. The summed E-state index contributed by atoms with van der Waals surface area (Å²) in [5.41, 5.74) is 0.783. The Morgan fingerprint density at radius 2 is 2.26 bits per heavy atom. The van der Waals surface area contributed by atoms with Crippen molar-refractivity contribution in [2.24, 2.45) is 11.8 Å². The zero-order valence-electron chi connectivity index (χ0n) is 13.8. The van der Waals surface area contributed by atoms with Crippen LogP contribution in [0.2, 0.25) is 0 Å². The summed E-state index contributed by atoms with van der Waals surface area (Å²) in [4.78, 5) is 21.1. The molecule has 1 aliphatic rings. The first kappa shape index (κ1) is 15.5. The van der Waals surface area contributed by atoms with Crippen molar-refractivity contribution in [3.8, 4) is 0 Å². The number of carbonyl (C=O) groups excluding carboxylic acids is 1. The molecule has 0 N–H and O–H groups in total. The quantitative estimate of drug-likeness (QED) is 0.865. The van der Waals surface area contributed by atoms with Crippen LogP contribution in [0, 0.1) is 18.8 Å². The lowest BCUT2D eigenvalue weighted by Gasteiger charge is -2.22. The molecule has 0 aliphatic carbocycles. The molecular formula is C17H22N4O2. The molecule has 3 heterocycles. The molecule has 2 atom stereocenters. The first-order valence-electron chi connectivity index (χ1n) is 7.87. The summed E-state index contributed by atoms with van der Waals surface area (Å²) >= 11 is 0. The molecule has 6 heteroatoms. The maximum Gasteiger partial charge on any atom is 0.227 e. The van der Waals surface area contributed by atoms with Crippen LogP contribution in [-0.2, 0) is 11.3 Å². The molecule has 0 radical (unpaired) electrons. The van der Waals surface area contributed by atoms with Gasteiger partial charge in [0.05, 0.1) is 12.5 Å². The number of hydrogen-bond acceptors (Lipinski definition) is 5. The van der Waals surface area contributed by atoms with Gasteiger partial charge in [-0.05, 0) is 25.0 Å². The predicted molar refractivity (Wildman–Crippen MR) is 86.8 cm³/mol. The van der Waals surface area contributed by atoms with Gasteiger partial charge in [0.1, 0.15) is 17.3 Å². The Labute approximate surface area is 136 Å². The summed E-state index contributed by atoms with van der Waals surface area (Å²) in [6.45, 7) is 6.01. The standard InChI is InChI=1S/C17H22N4O2/c1-12-9-21(16-6-4-5-7-18-16)11-15(12)17(22)20(3)10-14-8-13(2)23-19-14/h4-8,12,15H,9-11H2,1-3H3/t12-,15-/m1/s1. The Balaban J connectivity index is 1.65. The van der Waals surface area contributed by atoms with Crippen LogP contribution >= 0.6 is 0 Å². The maximum absolute atomic E-state index is 12.8. The molecule has 2 aromatic heterocycles. The summed E-state index contributed by atoms with van der Waals surface area (Å²) in [6.07, 6.45) is 1.79. The molecule has 0 unspecified atom stereocenters. The molecule has 1 amide bonds. The SMILES string of the molecule is Cc1cc(CN(C)C(=O)[C@@H]2CN(c3ccccn3)C[C@H]2C)no1. The highest BCUT2D eigenvalue weighted by Gasteiger charge is 2.36. The number of hydrogen-bond donors (Lipinski definition) is 0. The van der Waals surface area contributed by atoms with Crippen molar-refractivity contribution in [2.45, 2.75) is 20.4 Å². The Hall–Kier alpha value is -2.37. The molecule has 1 fully saturated rings. The van der Waals surface area contributed by atoms with Crippen LogP contribution in [0.4, 0.5) is 5.82 Å². The number of aromatic nitrogens is 2. The van der Waals surface area contributed by atoms with Crippen LogP contribution in [0.3, 0.4) is 0 Å². The van der Waals surface area contributed by atoms with E-state index < -0.39 is 0 Å². The highest BCUT2D eigenvalue weighted by atomic mass is 16.5. The van der Waals surface area contributed by atoms with Gasteiger partial charge in [-0.3, -0.25) is 4.79 Å². The van der Waals surface area contributed by atoms with E-state index in [1.165, 1.54) is 0 Å². The molecule has 0 spiro atoms. The Kier molecular flexibility index (Phi) is 4.32. The Morgan fingerprint density at radius 3 is 2.91 bits per heavy atom. The fourth-order valence-electron chi connectivity index (χ4n) is 3.11. The lowest BCUT2D eigenvalue weighted by atomic mass is 9.97. The van der Waals surface area contributed by atoms with E-state index in [1.807, 2.05) is 38.2 Å². The lowest BCUT2D eigenvalue weighted by molar-refractivity contribution is -0.135. The summed E-state index contributed by atoms with van der Waals surface area (Å²) < 4.78 is 5.06. The third-order valence-electron chi connectivity index (χ3n) is 4.35. The van der Waals surface area contributed by atoms with E-state index in [-0.39, 0.29) is 11.8 Å². The van der Waals surface area contributed by atoms with Gasteiger partial charge in [-0.25, -0.2) is 4.98 Å². The Bertz CT molecular complexity index is 670. The second kappa shape index (κ2) is 6.40. The minimum absolute atomic E-state index is 0.0185. The summed E-state index contributed by atoms with van der Waals surface area (Å²) in [5, 5.41) is 3.96. The molecule has 3 rings (SSSR count). The van der Waals surface area contributed by atoms with Gasteiger partial charge in [-0.1, -0.05) is 18.1 Å². The lowest BCUT2D eigenvalue weighted by Crippen LogP contribution is -2.36. The maximum atomic E-state index is 12.8. The molecule has 1 aliphatic heterocycles. The van der Waals surface area contributed by atoms with Crippen molar-refractivity contribution < 1.29 is 9.32 Å². The molecule has 6 nitrogen and oxygen atoms in total. The molecule has 122 valence electrons. The van der Waals surface area contributed by atoms with Gasteiger partial charge in [0.2, 0.25) is 5.91 Å². The van der Waals surface area contributed by atoms with Crippen LogP contribution < -0.4 is 4.90 Å². The van der Waals surface area contributed by atoms with E-state index in [0.717, 1.165) is 23.8 Å². The van der Waals surface area contributed by atoms with Gasteiger partial charge in [0.25, 0.3) is 0 Å². The van der Waals surface area contributed by atoms with E-state index in [2.05, 4.69) is 22.0 Å². The summed E-state index contributed by atoms with van der Waals surface area (Å²) in [5.74, 6) is 2.12. The van der Waals surface area contributed by atoms with Crippen molar-refractivity contribution in [3.05, 3.63) is 41.9 Å². The number of nitrogens with zero attached hydrogens (tertiary/aromatic N) is 4. The highest BCUT2D eigenvalue weighted by Crippen LogP contribution is 2.28. The smallest absolute Gasteiger partial charge is 0.227 e. The van der Waals surface area contributed by atoms with Crippen LogP contribution in [0.15, 0.2) is 35.0 Å². The van der Waals surface area contributed by atoms with Crippen molar-refractivity contribution in [1.29, 1.82) is 0 Å². The zero-order chi connectivity index (χ0) is 16.4.